The zero-order valence-corrected chi connectivity index (χ0v) is 17.5. The number of carbonyl (C=O) groups is 1. The summed E-state index contributed by atoms with van der Waals surface area (Å²) < 4.78 is 22.1. The molecule has 1 fully saturated rings. The fourth-order valence-corrected chi connectivity index (χ4v) is 3.65. The highest BCUT2D eigenvalue weighted by molar-refractivity contribution is 6.30. The van der Waals surface area contributed by atoms with Gasteiger partial charge in [0.2, 0.25) is 0 Å². The van der Waals surface area contributed by atoms with Crippen molar-refractivity contribution in [3.05, 3.63) is 58.3 Å². The van der Waals surface area contributed by atoms with E-state index in [-0.39, 0.29) is 11.9 Å². The van der Waals surface area contributed by atoms with Gasteiger partial charge in [-0.3, -0.25) is 9.78 Å². The van der Waals surface area contributed by atoms with Crippen molar-refractivity contribution in [3.63, 3.8) is 0 Å². The van der Waals surface area contributed by atoms with Crippen molar-refractivity contribution < 1.29 is 13.9 Å². The Hall–Kier alpha value is -3.28. The first-order valence-electron chi connectivity index (χ1n) is 9.81. The van der Waals surface area contributed by atoms with Crippen LogP contribution in [0.2, 0.25) is 5.02 Å². The van der Waals surface area contributed by atoms with Gasteiger partial charge in [-0.05, 0) is 56.0 Å². The highest BCUT2D eigenvalue weighted by Gasteiger charge is 2.21. The Balaban J connectivity index is 1.64. The van der Waals surface area contributed by atoms with Crippen LogP contribution in [0, 0.1) is 18.3 Å². The molecule has 1 aromatic carbocycles. The van der Waals surface area contributed by atoms with Crippen LogP contribution in [0.5, 0.6) is 0 Å². The van der Waals surface area contributed by atoms with Crippen LogP contribution >= 0.6 is 11.6 Å². The minimum Gasteiger partial charge on any atom is -0.356 e. The Morgan fingerprint density at radius 2 is 2.26 bits per heavy atom. The Morgan fingerprint density at radius 1 is 1.42 bits per heavy atom. The largest absolute Gasteiger partial charge is 0.356 e. The second kappa shape index (κ2) is 8.84. The average Bonchev–Trinajstić information content (AvgIpc) is 3.15. The van der Waals surface area contributed by atoms with Crippen molar-refractivity contribution in [2.75, 3.05) is 11.9 Å². The highest BCUT2D eigenvalue weighted by Crippen LogP contribution is 2.29. The number of nitriles is 1. The van der Waals surface area contributed by atoms with Crippen molar-refractivity contribution in [2.45, 2.75) is 32.4 Å². The van der Waals surface area contributed by atoms with Crippen molar-refractivity contribution in [3.8, 4) is 6.07 Å². The topological polar surface area (TPSA) is 92.8 Å². The number of fused-ring (bicyclic) bond motifs is 1. The molecule has 158 valence electrons. The maximum atomic E-state index is 14.6. The van der Waals surface area contributed by atoms with Crippen LogP contribution in [0.1, 0.15) is 42.4 Å². The van der Waals surface area contributed by atoms with Gasteiger partial charge >= 0.3 is 0 Å². The summed E-state index contributed by atoms with van der Waals surface area (Å²) in [6.45, 7) is 2.31. The molecule has 1 N–H and O–H groups in total. The van der Waals surface area contributed by atoms with Gasteiger partial charge in [0, 0.05) is 18.2 Å². The summed E-state index contributed by atoms with van der Waals surface area (Å²) in [5.41, 5.74) is 2.25. The van der Waals surface area contributed by atoms with Crippen LogP contribution in [0.3, 0.4) is 0 Å². The van der Waals surface area contributed by atoms with Crippen molar-refractivity contribution in [2.24, 2.45) is 0 Å². The number of benzene rings is 1. The molecule has 1 unspecified atom stereocenters. The summed E-state index contributed by atoms with van der Waals surface area (Å²) in [6, 6.07) is 8.62. The standard InChI is InChI=1S/C22H19ClFN5O2/c1-13-18(10-15(23)12-26-13)27-22(30)17(24)8-14-5-6-16-19(11-25)28-29(20(16)9-14)21-4-2-3-7-31-21/h5-6,8-10,12,21H,2-4,7H2,1H3,(H,27,30)/b17-8-. The van der Waals surface area contributed by atoms with Gasteiger partial charge in [-0.1, -0.05) is 17.7 Å². The van der Waals surface area contributed by atoms with E-state index in [0.29, 0.717) is 39.5 Å². The molecule has 7 nitrogen and oxygen atoms in total. The van der Waals surface area contributed by atoms with E-state index in [9.17, 15) is 14.4 Å². The summed E-state index contributed by atoms with van der Waals surface area (Å²) in [7, 11) is 0. The minimum absolute atomic E-state index is 0.274. The van der Waals surface area contributed by atoms with Gasteiger partial charge in [0.25, 0.3) is 5.91 Å². The molecule has 3 heterocycles. The predicted molar refractivity (Wildman–Crippen MR) is 115 cm³/mol. The summed E-state index contributed by atoms with van der Waals surface area (Å²) >= 11 is 5.89. The molecular formula is C22H19ClFN5O2. The molecule has 0 bridgehead atoms. The molecule has 31 heavy (non-hydrogen) atoms. The van der Waals surface area contributed by atoms with Gasteiger partial charge in [0.05, 0.1) is 21.9 Å². The molecule has 0 saturated carbocycles. The molecule has 4 rings (SSSR count). The van der Waals surface area contributed by atoms with Crippen molar-refractivity contribution in [1.82, 2.24) is 14.8 Å². The first-order chi connectivity index (χ1) is 15.0. The van der Waals surface area contributed by atoms with Gasteiger partial charge in [0.1, 0.15) is 6.07 Å². The van der Waals surface area contributed by atoms with Crippen LogP contribution in [0.25, 0.3) is 17.0 Å². The fraction of sp³-hybridized carbons (Fsp3) is 0.273. The van der Waals surface area contributed by atoms with E-state index in [0.717, 1.165) is 25.3 Å². The number of carbonyl (C=O) groups excluding carboxylic acids is 1. The number of amides is 1. The molecule has 9 heteroatoms. The SMILES string of the molecule is Cc1ncc(Cl)cc1NC(=O)/C(F)=C/c1ccc2c(C#N)nn(C3CCCCO3)c2c1. The Morgan fingerprint density at radius 3 is 3.00 bits per heavy atom. The molecule has 2 aromatic heterocycles. The van der Waals surface area contributed by atoms with Gasteiger partial charge < -0.3 is 10.1 Å². The molecule has 0 aliphatic carbocycles. The number of aryl methyl sites for hydroxylation is 1. The molecule has 1 aliphatic heterocycles. The van der Waals surface area contributed by atoms with E-state index in [4.69, 9.17) is 16.3 Å². The molecule has 3 aromatic rings. The summed E-state index contributed by atoms with van der Waals surface area (Å²) in [5, 5.41) is 17.3. The summed E-state index contributed by atoms with van der Waals surface area (Å²) in [4.78, 5) is 16.3. The number of ether oxygens (including phenoxy) is 1. The van der Waals surface area contributed by atoms with E-state index < -0.39 is 11.7 Å². The van der Waals surface area contributed by atoms with Crippen molar-refractivity contribution >= 4 is 40.2 Å². The number of rotatable bonds is 4. The number of hydrogen-bond acceptors (Lipinski definition) is 5. The third-order valence-electron chi connectivity index (χ3n) is 5.08. The number of aromatic nitrogens is 3. The van der Waals surface area contributed by atoms with Crippen LogP contribution in [0.15, 0.2) is 36.3 Å². The third-order valence-corrected chi connectivity index (χ3v) is 5.28. The maximum Gasteiger partial charge on any atom is 0.284 e. The first-order valence-corrected chi connectivity index (χ1v) is 10.2. The summed E-state index contributed by atoms with van der Waals surface area (Å²) in [6.07, 6.45) is 5.07. The van der Waals surface area contributed by atoms with E-state index in [1.807, 2.05) is 0 Å². The number of anilines is 1. The smallest absolute Gasteiger partial charge is 0.284 e. The van der Waals surface area contributed by atoms with Crippen LogP contribution in [-0.4, -0.2) is 27.3 Å². The maximum absolute atomic E-state index is 14.6. The lowest BCUT2D eigenvalue weighted by atomic mass is 10.1. The van der Waals surface area contributed by atoms with E-state index >= 15 is 0 Å². The normalized spacial score (nSPS) is 16.8. The Bertz CT molecular complexity index is 1220. The Kier molecular flexibility index (Phi) is 5.98. The lowest BCUT2D eigenvalue weighted by Gasteiger charge is -2.23. The van der Waals surface area contributed by atoms with E-state index in [1.54, 1.807) is 29.8 Å². The lowest BCUT2D eigenvalue weighted by Crippen LogP contribution is -2.19. The monoisotopic (exact) mass is 439 g/mol. The van der Waals surface area contributed by atoms with Crippen LogP contribution in [-0.2, 0) is 9.53 Å². The van der Waals surface area contributed by atoms with Crippen molar-refractivity contribution in [1.29, 1.82) is 5.26 Å². The van der Waals surface area contributed by atoms with E-state index in [2.05, 4.69) is 21.5 Å². The lowest BCUT2D eigenvalue weighted by molar-refractivity contribution is -0.114. The minimum atomic E-state index is -0.973. The second-order valence-electron chi connectivity index (χ2n) is 7.24. The number of hydrogen-bond donors (Lipinski definition) is 1. The van der Waals surface area contributed by atoms with Gasteiger partial charge in [0.15, 0.2) is 17.7 Å². The molecule has 1 amide bonds. The molecule has 1 saturated heterocycles. The zero-order valence-electron chi connectivity index (χ0n) is 16.7. The average molecular weight is 440 g/mol. The predicted octanol–water partition coefficient (Wildman–Crippen LogP) is 4.91. The summed E-state index contributed by atoms with van der Waals surface area (Å²) in [5.74, 6) is -1.88. The molecule has 0 radical (unpaired) electrons. The molecular weight excluding hydrogens is 421 g/mol. The van der Waals surface area contributed by atoms with Gasteiger partial charge in [-0.25, -0.2) is 9.07 Å². The first kappa shape index (κ1) is 21.0. The number of pyridine rings is 1. The van der Waals surface area contributed by atoms with Gasteiger partial charge in [-0.2, -0.15) is 10.4 Å². The van der Waals surface area contributed by atoms with E-state index in [1.165, 1.54) is 12.3 Å². The Labute approximate surface area is 183 Å². The second-order valence-corrected chi connectivity index (χ2v) is 7.67. The fourth-order valence-electron chi connectivity index (χ4n) is 3.49. The zero-order chi connectivity index (χ0) is 22.0. The molecule has 1 atom stereocenters. The third kappa shape index (κ3) is 4.43. The quantitative estimate of drug-likeness (QED) is 0.583. The van der Waals surface area contributed by atoms with Crippen LogP contribution < -0.4 is 5.32 Å². The molecule has 1 aliphatic rings. The van der Waals surface area contributed by atoms with Gasteiger partial charge in [-0.15, -0.1) is 0 Å². The number of halogens is 2. The molecule has 0 spiro atoms. The highest BCUT2D eigenvalue weighted by atomic mass is 35.5. The number of nitrogens with zero attached hydrogens (tertiary/aromatic N) is 4. The van der Waals surface area contributed by atoms with Crippen LogP contribution in [0.4, 0.5) is 10.1 Å². The number of nitrogens with one attached hydrogen (secondary N) is 1.